The topological polar surface area (TPSA) is 152 Å². The van der Waals surface area contributed by atoms with Crippen LogP contribution in [0.5, 0.6) is 23.0 Å². The third-order valence-corrected chi connectivity index (χ3v) is 7.38. The summed E-state index contributed by atoms with van der Waals surface area (Å²) in [4.78, 5) is 30.4. The summed E-state index contributed by atoms with van der Waals surface area (Å²) in [6.45, 7) is 0.865. The second-order valence-electron chi connectivity index (χ2n) is 10.2. The zero-order valence-corrected chi connectivity index (χ0v) is 24.3. The summed E-state index contributed by atoms with van der Waals surface area (Å²) in [6.07, 6.45) is 3.18. The number of benzene rings is 2. The first kappa shape index (κ1) is 29.0. The molecule has 4 aromatic rings. The summed E-state index contributed by atoms with van der Waals surface area (Å²) >= 11 is 0. The predicted molar refractivity (Wildman–Crippen MR) is 153 cm³/mol. The Hall–Kier alpha value is -5.11. The minimum absolute atomic E-state index is 0.0609. The van der Waals surface area contributed by atoms with Crippen molar-refractivity contribution in [2.75, 3.05) is 34.2 Å². The van der Waals surface area contributed by atoms with Crippen LogP contribution in [0, 0.1) is 0 Å². The maximum atomic E-state index is 14.0. The van der Waals surface area contributed by atoms with Crippen LogP contribution in [0.2, 0.25) is 0 Å². The van der Waals surface area contributed by atoms with E-state index in [9.17, 15) is 9.59 Å². The van der Waals surface area contributed by atoms with Gasteiger partial charge in [-0.1, -0.05) is 6.07 Å². The quantitative estimate of drug-likeness (QED) is 0.254. The number of methoxy groups -OCH3 is 2. The number of tetrazole rings is 1. The van der Waals surface area contributed by atoms with E-state index in [0.29, 0.717) is 47.5 Å². The molecule has 6 rings (SSSR count). The van der Waals surface area contributed by atoms with Gasteiger partial charge in [-0.3, -0.25) is 9.59 Å². The Labute approximate surface area is 252 Å². The largest absolute Gasteiger partial charge is 0.493 e. The lowest BCUT2D eigenvalue weighted by molar-refractivity contribution is -0.143. The van der Waals surface area contributed by atoms with E-state index in [0.717, 1.165) is 18.4 Å². The number of fused-ring (bicyclic) bond motifs is 1. The molecule has 2 amide bonds. The molecule has 230 valence electrons. The lowest BCUT2D eigenvalue weighted by Crippen LogP contribution is -2.46. The number of hydrogen-bond acceptors (Lipinski definition) is 11. The second-order valence-corrected chi connectivity index (χ2v) is 10.2. The molecule has 1 fully saturated rings. The normalized spacial score (nSPS) is 16.0. The third-order valence-electron chi connectivity index (χ3n) is 7.38. The van der Waals surface area contributed by atoms with E-state index in [-0.39, 0.29) is 31.8 Å². The molecule has 44 heavy (non-hydrogen) atoms. The fourth-order valence-corrected chi connectivity index (χ4v) is 5.16. The van der Waals surface area contributed by atoms with Crippen LogP contribution in [-0.2, 0) is 27.4 Å². The van der Waals surface area contributed by atoms with Gasteiger partial charge < -0.3 is 38.3 Å². The van der Waals surface area contributed by atoms with Crippen molar-refractivity contribution in [1.82, 2.24) is 30.4 Å². The van der Waals surface area contributed by atoms with Crippen molar-refractivity contribution in [2.45, 2.75) is 38.1 Å². The number of amides is 2. The molecule has 2 aromatic carbocycles. The molecule has 1 N–H and O–H groups in total. The summed E-state index contributed by atoms with van der Waals surface area (Å²) in [5, 5.41) is 15.6. The zero-order chi connectivity index (χ0) is 30.5. The van der Waals surface area contributed by atoms with Gasteiger partial charge in [-0.15, -0.1) is 10.2 Å². The highest BCUT2D eigenvalue weighted by Crippen LogP contribution is 2.34. The SMILES string of the molecule is COc1ccc(-c2nnn(CC(=O)N(Cc3ccc4c(c3)OCO4)[C@H](C(=O)NC[C@@H]3CCCO3)c3ccco3)n2)cc1OC. The van der Waals surface area contributed by atoms with Crippen LogP contribution in [0.3, 0.4) is 0 Å². The molecule has 14 heteroatoms. The van der Waals surface area contributed by atoms with Crippen LogP contribution >= 0.6 is 0 Å². The van der Waals surface area contributed by atoms with E-state index in [1.54, 1.807) is 49.6 Å². The Morgan fingerprint density at radius 1 is 1.09 bits per heavy atom. The molecule has 0 spiro atoms. The summed E-state index contributed by atoms with van der Waals surface area (Å²) in [7, 11) is 3.08. The molecular weight excluding hydrogens is 572 g/mol. The monoisotopic (exact) mass is 604 g/mol. The van der Waals surface area contributed by atoms with Gasteiger partial charge in [0, 0.05) is 25.3 Å². The number of nitrogens with zero attached hydrogens (tertiary/aromatic N) is 5. The molecule has 2 atom stereocenters. The highest BCUT2D eigenvalue weighted by Gasteiger charge is 2.35. The van der Waals surface area contributed by atoms with Crippen molar-refractivity contribution in [2.24, 2.45) is 0 Å². The van der Waals surface area contributed by atoms with Gasteiger partial charge in [0.15, 0.2) is 29.0 Å². The molecule has 14 nitrogen and oxygen atoms in total. The van der Waals surface area contributed by atoms with Gasteiger partial charge in [-0.2, -0.15) is 4.80 Å². The molecule has 4 heterocycles. The van der Waals surface area contributed by atoms with Crippen LogP contribution < -0.4 is 24.3 Å². The van der Waals surface area contributed by atoms with Crippen molar-refractivity contribution in [3.05, 3.63) is 66.1 Å². The molecule has 1 saturated heterocycles. The summed E-state index contributed by atoms with van der Waals surface area (Å²) in [6, 6.07) is 12.9. The van der Waals surface area contributed by atoms with Gasteiger partial charge in [0.25, 0.3) is 5.91 Å². The number of rotatable bonds is 12. The van der Waals surface area contributed by atoms with Crippen molar-refractivity contribution in [3.8, 4) is 34.4 Å². The van der Waals surface area contributed by atoms with Crippen LogP contribution in [0.15, 0.2) is 59.2 Å². The van der Waals surface area contributed by atoms with Gasteiger partial charge in [-0.05, 0) is 66.1 Å². The first-order valence-corrected chi connectivity index (χ1v) is 14.1. The van der Waals surface area contributed by atoms with E-state index in [1.165, 1.54) is 23.1 Å². The standard InChI is InChI=1S/C30H32N6O8/c1-39-22-10-8-20(14-25(22)40-2)29-32-34-36(33-29)17-27(37)35(16-19-7-9-23-26(13-19)44-18-43-23)28(24-6-4-12-42-24)30(38)31-15-21-5-3-11-41-21/h4,6-10,12-14,21,28H,3,5,11,15-18H2,1-2H3,(H,31,38)/t21-,28-/m0/s1. The number of hydrogen-bond donors (Lipinski definition) is 1. The molecule has 2 aliphatic heterocycles. The Morgan fingerprint density at radius 2 is 1.95 bits per heavy atom. The predicted octanol–water partition coefficient (Wildman–Crippen LogP) is 2.74. The fourth-order valence-electron chi connectivity index (χ4n) is 5.16. The lowest BCUT2D eigenvalue weighted by atomic mass is 10.1. The van der Waals surface area contributed by atoms with Gasteiger partial charge in [-0.25, -0.2) is 0 Å². The molecule has 2 aromatic heterocycles. The third kappa shape index (κ3) is 6.29. The van der Waals surface area contributed by atoms with Crippen LogP contribution in [0.25, 0.3) is 11.4 Å². The fraction of sp³-hybridized carbons (Fsp3) is 0.367. The molecular formula is C30H32N6O8. The minimum atomic E-state index is -1.09. The highest BCUT2D eigenvalue weighted by molar-refractivity contribution is 5.88. The minimum Gasteiger partial charge on any atom is -0.493 e. The van der Waals surface area contributed by atoms with Gasteiger partial charge >= 0.3 is 0 Å². The van der Waals surface area contributed by atoms with Crippen LogP contribution in [0.4, 0.5) is 0 Å². The Balaban J connectivity index is 1.28. The van der Waals surface area contributed by atoms with E-state index in [2.05, 4.69) is 20.7 Å². The number of carbonyl (C=O) groups excluding carboxylic acids is 2. The maximum Gasteiger partial charge on any atom is 0.250 e. The van der Waals surface area contributed by atoms with Crippen LogP contribution in [-0.4, -0.2) is 77.2 Å². The summed E-state index contributed by atoms with van der Waals surface area (Å²) in [5.41, 5.74) is 1.35. The van der Waals surface area contributed by atoms with Gasteiger partial charge in [0.1, 0.15) is 12.3 Å². The van der Waals surface area contributed by atoms with Gasteiger partial charge in [0.2, 0.25) is 18.5 Å². The zero-order valence-electron chi connectivity index (χ0n) is 24.3. The van der Waals surface area contributed by atoms with Crippen molar-refractivity contribution in [3.63, 3.8) is 0 Å². The van der Waals surface area contributed by atoms with Crippen molar-refractivity contribution < 1.29 is 37.7 Å². The smallest absolute Gasteiger partial charge is 0.250 e. The van der Waals surface area contributed by atoms with E-state index in [1.807, 2.05) is 6.07 Å². The van der Waals surface area contributed by atoms with E-state index < -0.39 is 17.9 Å². The van der Waals surface area contributed by atoms with Gasteiger partial charge in [0.05, 0.1) is 26.6 Å². The molecule has 0 unspecified atom stereocenters. The Morgan fingerprint density at radius 3 is 2.73 bits per heavy atom. The molecule has 0 saturated carbocycles. The maximum absolute atomic E-state index is 14.0. The first-order valence-electron chi connectivity index (χ1n) is 14.1. The average Bonchev–Trinajstić information content (AvgIpc) is 3.87. The average molecular weight is 605 g/mol. The Bertz CT molecular complexity index is 1600. The lowest BCUT2D eigenvalue weighted by Gasteiger charge is -2.30. The second kappa shape index (κ2) is 13.0. The van der Waals surface area contributed by atoms with Crippen molar-refractivity contribution in [1.29, 1.82) is 0 Å². The molecule has 0 radical (unpaired) electrons. The number of nitrogens with one attached hydrogen (secondary N) is 1. The summed E-state index contributed by atoms with van der Waals surface area (Å²) in [5.74, 6) is 1.99. The first-order chi connectivity index (χ1) is 21.5. The van der Waals surface area contributed by atoms with E-state index >= 15 is 0 Å². The number of ether oxygens (including phenoxy) is 5. The molecule has 2 aliphatic rings. The number of aromatic nitrogens is 4. The molecule has 0 aliphatic carbocycles. The highest BCUT2D eigenvalue weighted by atomic mass is 16.7. The Kier molecular flexibility index (Phi) is 8.59. The van der Waals surface area contributed by atoms with Crippen LogP contribution in [0.1, 0.15) is 30.2 Å². The molecule has 0 bridgehead atoms. The number of furan rings is 1. The number of carbonyl (C=O) groups is 2. The van der Waals surface area contributed by atoms with E-state index in [4.69, 9.17) is 28.1 Å². The van der Waals surface area contributed by atoms with Crippen molar-refractivity contribution >= 4 is 11.8 Å². The summed E-state index contributed by atoms with van der Waals surface area (Å²) < 4.78 is 33.0.